The molecule has 0 saturated carbocycles. The lowest BCUT2D eigenvalue weighted by Crippen LogP contribution is -2.32. The van der Waals surface area contributed by atoms with E-state index in [9.17, 15) is 45.9 Å². The van der Waals surface area contributed by atoms with E-state index in [2.05, 4.69) is 15.0 Å². The third-order valence-electron chi connectivity index (χ3n) is 5.25. The number of phenols is 1. The van der Waals surface area contributed by atoms with E-state index in [0.29, 0.717) is 5.69 Å². The summed E-state index contributed by atoms with van der Waals surface area (Å²) in [5, 5.41) is 34.5. The SMILES string of the molecule is CCOC(=O)CC(=O)NS(=O)(=O)c1ccc(N)cc1.O=C(O)CC(=O)NS(=O)(=O)c1ccc(/N=N/c2ccc(O)c(C(=O)O)c2)cc1. The van der Waals surface area contributed by atoms with E-state index in [1.54, 1.807) is 16.4 Å². The molecular weight excluding hydrogens is 666 g/mol. The molecule has 0 atom stereocenters. The van der Waals surface area contributed by atoms with Gasteiger partial charge in [-0.25, -0.2) is 31.1 Å². The number of anilines is 1. The Morgan fingerprint density at radius 1 is 0.745 bits per heavy atom. The number of rotatable bonds is 12. The summed E-state index contributed by atoms with van der Waals surface area (Å²) in [4.78, 5) is 54.7. The van der Waals surface area contributed by atoms with Gasteiger partial charge in [-0.05, 0) is 73.7 Å². The standard InChI is InChI=1S/C16H13N3O8S.C11H14N2O5S/c20-13-6-3-10(7-12(13)16(24)25)18-17-9-1-4-11(5-2-9)28(26,27)19-14(21)8-15(22)23;1-2-18-11(15)7-10(14)13-19(16,17)9-5-3-8(12)4-6-9/h1-7,20H,8H2,(H,19,21)(H,22,23)(H,24,25);3-6H,2,7,12H2,1H3,(H,13,14)/b18-17+;. The van der Waals surface area contributed by atoms with Gasteiger partial charge in [-0.2, -0.15) is 10.2 Å². The molecule has 3 aromatic carbocycles. The Labute approximate surface area is 267 Å². The molecule has 0 aliphatic rings. The summed E-state index contributed by atoms with van der Waals surface area (Å²) in [6.07, 6.45) is -1.64. The average molecular weight is 694 g/mol. The van der Waals surface area contributed by atoms with Gasteiger partial charge in [-0.15, -0.1) is 0 Å². The van der Waals surface area contributed by atoms with Gasteiger partial charge >= 0.3 is 17.9 Å². The van der Waals surface area contributed by atoms with Crippen molar-refractivity contribution >= 4 is 66.8 Å². The maximum atomic E-state index is 12.0. The van der Waals surface area contributed by atoms with E-state index in [0.717, 1.165) is 24.3 Å². The molecule has 0 aromatic heterocycles. The number of nitrogens with zero attached hydrogens (tertiary/aromatic N) is 2. The molecule has 20 heteroatoms. The van der Waals surface area contributed by atoms with Gasteiger partial charge < -0.3 is 25.8 Å². The number of benzene rings is 3. The minimum absolute atomic E-state index is 0.112. The summed E-state index contributed by atoms with van der Waals surface area (Å²) < 4.78 is 55.4. The minimum atomic E-state index is -4.24. The first-order chi connectivity index (χ1) is 21.9. The normalized spacial score (nSPS) is 11.1. The second kappa shape index (κ2) is 16.4. The Morgan fingerprint density at radius 3 is 1.70 bits per heavy atom. The molecule has 0 saturated heterocycles. The van der Waals surface area contributed by atoms with Crippen LogP contribution in [0.4, 0.5) is 17.1 Å². The van der Waals surface area contributed by atoms with Crippen LogP contribution in [-0.4, -0.2) is 68.5 Å². The molecule has 0 spiro atoms. The van der Waals surface area contributed by atoms with Crippen LogP contribution in [0, 0.1) is 0 Å². The molecule has 0 aliphatic carbocycles. The van der Waals surface area contributed by atoms with Crippen molar-refractivity contribution in [2.24, 2.45) is 10.2 Å². The second-order valence-electron chi connectivity index (χ2n) is 8.88. The van der Waals surface area contributed by atoms with Crippen molar-refractivity contribution in [1.29, 1.82) is 0 Å². The Morgan fingerprint density at radius 2 is 1.21 bits per heavy atom. The van der Waals surface area contributed by atoms with Gasteiger partial charge in [0.05, 0.1) is 27.8 Å². The number of carboxylic acids is 2. The first-order valence-electron chi connectivity index (χ1n) is 12.9. The highest BCUT2D eigenvalue weighted by Crippen LogP contribution is 2.25. The fraction of sp³-hybridized carbons (Fsp3) is 0.148. The summed E-state index contributed by atoms with van der Waals surface area (Å²) in [5.74, 6) is -6.15. The zero-order chi connectivity index (χ0) is 35.4. The number of nitrogen functional groups attached to an aromatic ring is 1. The Balaban J connectivity index is 0.000000353. The molecular formula is C27H27N5O13S2. The lowest BCUT2D eigenvalue weighted by Gasteiger charge is -2.06. The Bertz CT molecular complexity index is 1890. The van der Waals surface area contributed by atoms with Crippen LogP contribution < -0.4 is 15.2 Å². The fourth-order valence-electron chi connectivity index (χ4n) is 3.18. The number of carboxylic acid groups (broad SMARTS) is 2. The van der Waals surface area contributed by atoms with Gasteiger partial charge in [0.25, 0.3) is 20.0 Å². The number of aliphatic carboxylic acids is 1. The Kier molecular flexibility index (Phi) is 13.0. The zero-order valence-electron chi connectivity index (χ0n) is 24.2. The molecule has 0 unspecified atom stereocenters. The van der Waals surface area contributed by atoms with Gasteiger partial charge in [0.2, 0.25) is 11.8 Å². The molecule has 0 heterocycles. The van der Waals surface area contributed by atoms with Crippen molar-refractivity contribution in [1.82, 2.24) is 9.44 Å². The van der Waals surface area contributed by atoms with Crippen molar-refractivity contribution in [3.05, 3.63) is 72.3 Å². The highest BCUT2D eigenvalue weighted by atomic mass is 32.2. The van der Waals surface area contributed by atoms with Crippen LogP contribution >= 0.6 is 0 Å². The van der Waals surface area contributed by atoms with Gasteiger partial charge in [0.1, 0.15) is 24.2 Å². The number of nitrogens with two attached hydrogens (primary N) is 1. The number of amides is 2. The maximum Gasteiger partial charge on any atom is 0.339 e. The highest BCUT2D eigenvalue weighted by Gasteiger charge is 2.21. The summed E-state index contributed by atoms with van der Waals surface area (Å²) in [5.41, 5.74) is 5.84. The molecule has 47 heavy (non-hydrogen) atoms. The third kappa shape index (κ3) is 12.2. The van der Waals surface area contributed by atoms with Crippen LogP contribution in [0.3, 0.4) is 0 Å². The van der Waals surface area contributed by atoms with Crippen LogP contribution in [0.15, 0.2) is 86.7 Å². The van der Waals surface area contributed by atoms with E-state index < -0.39 is 68.4 Å². The summed E-state index contributed by atoms with van der Waals surface area (Å²) >= 11 is 0. The number of ether oxygens (including phenoxy) is 1. The molecule has 250 valence electrons. The van der Waals surface area contributed by atoms with Crippen molar-refractivity contribution in [2.75, 3.05) is 12.3 Å². The predicted molar refractivity (Wildman–Crippen MR) is 161 cm³/mol. The van der Waals surface area contributed by atoms with Crippen LogP contribution in [0.5, 0.6) is 5.75 Å². The molecule has 3 rings (SSSR count). The number of aromatic carboxylic acids is 1. The lowest BCUT2D eigenvalue weighted by molar-refractivity contribution is -0.146. The number of esters is 1. The van der Waals surface area contributed by atoms with Crippen LogP contribution in [0.2, 0.25) is 0 Å². The smallest absolute Gasteiger partial charge is 0.339 e. The molecule has 0 fully saturated rings. The van der Waals surface area contributed by atoms with E-state index in [4.69, 9.17) is 15.9 Å². The number of carbonyl (C=O) groups is 5. The molecule has 3 aromatic rings. The van der Waals surface area contributed by atoms with Gasteiger partial charge in [0, 0.05) is 5.69 Å². The first-order valence-corrected chi connectivity index (χ1v) is 15.8. The first kappa shape index (κ1) is 37.3. The zero-order valence-corrected chi connectivity index (χ0v) is 25.8. The summed E-state index contributed by atoms with van der Waals surface area (Å²) in [7, 11) is -8.24. The number of azo groups is 1. The topological polar surface area (TPSA) is 298 Å². The number of nitrogens with one attached hydrogen (secondary N) is 2. The molecule has 18 nitrogen and oxygen atoms in total. The predicted octanol–water partition coefficient (Wildman–Crippen LogP) is 1.81. The number of sulfonamides is 2. The number of aromatic hydroxyl groups is 1. The van der Waals surface area contributed by atoms with Gasteiger partial charge in [-0.1, -0.05) is 0 Å². The fourth-order valence-corrected chi connectivity index (χ4v) is 5.15. The lowest BCUT2D eigenvalue weighted by atomic mass is 10.2. The second-order valence-corrected chi connectivity index (χ2v) is 12.2. The third-order valence-corrected chi connectivity index (χ3v) is 8.03. The largest absolute Gasteiger partial charge is 0.507 e. The van der Waals surface area contributed by atoms with Gasteiger partial charge in [0.15, 0.2) is 0 Å². The maximum absolute atomic E-state index is 12.0. The average Bonchev–Trinajstić information content (AvgIpc) is 2.96. The quantitative estimate of drug-likeness (QED) is 0.0682. The van der Waals surface area contributed by atoms with Crippen molar-refractivity contribution in [3.63, 3.8) is 0 Å². The summed E-state index contributed by atoms with van der Waals surface area (Å²) in [6, 6.07) is 13.7. The highest BCUT2D eigenvalue weighted by molar-refractivity contribution is 7.90. The van der Waals surface area contributed by atoms with Crippen LogP contribution in [0.25, 0.3) is 0 Å². The minimum Gasteiger partial charge on any atom is -0.507 e. The van der Waals surface area contributed by atoms with Crippen molar-refractivity contribution < 1.29 is 60.9 Å². The molecule has 2 amide bonds. The Hall–Kier alpha value is -5.89. The number of hydrogen-bond acceptors (Lipinski definition) is 14. The summed E-state index contributed by atoms with van der Waals surface area (Å²) in [6.45, 7) is 1.71. The van der Waals surface area contributed by atoms with Crippen LogP contribution in [-0.2, 0) is 44.0 Å². The number of hydrogen-bond donors (Lipinski definition) is 6. The van der Waals surface area contributed by atoms with E-state index in [1.807, 2.05) is 0 Å². The van der Waals surface area contributed by atoms with Crippen molar-refractivity contribution in [2.45, 2.75) is 29.6 Å². The van der Waals surface area contributed by atoms with E-state index >= 15 is 0 Å². The molecule has 7 N–H and O–H groups in total. The molecule has 0 radical (unpaired) electrons. The molecule has 0 bridgehead atoms. The number of carbonyl (C=O) groups excluding carboxylic acids is 3. The van der Waals surface area contributed by atoms with E-state index in [-0.39, 0.29) is 33.3 Å². The molecule has 0 aliphatic heterocycles. The van der Waals surface area contributed by atoms with E-state index in [1.165, 1.54) is 42.5 Å². The van der Waals surface area contributed by atoms with Crippen LogP contribution in [0.1, 0.15) is 30.1 Å². The monoisotopic (exact) mass is 693 g/mol. The van der Waals surface area contributed by atoms with Gasteiger partial charge in [-0.3, -0.25) is 19.2 Å². The van der Waals surface area contributed by atoms with Crippen molar-refractivity contribution in [3.8, 4) is 5.75 Å².